The van der Waals surface area contributed by atoms with Gasteiger partial charge in [-0.1, -0.05) is 11.6 Å². The van der Waals surface area contributed by atoms with E-state index in [2.05, 4.69) is 4.99 Å². The van der Waals surface area contributed by atoms with E-state index < -0.39 is 24.9 Å². The predicted octanol–water partition coefficient (Wildman–Crippen LogP) is 3.97. The van der Waals surface area contributed by atoms with Crippen molar-refractivity contribution >= 4 is 11.9 Å². The van der Waals surface area contributed by atoms with Crippen molar-refractivity contribution in [1.29, 1.82) is 5.41 Å². The molecule has 5 nitrogen and oxygen atoms in total. The molecule has 0 aromatic heterocycles. The summed E-state index contributed by atoms with van der Waals surface area (Å²) in [6.45, 7) is 1.63. The molecule has 1 aliphatic carbocycles. The fraction of sp³-hybridized carbons (Fsp3) is 0.529. The first-order valence-corrected chi connectivity index (χ1v) is 8.34. The number of hydrogen-bond acceptors (Lipinski definition) is 1. The van der Waals surface area contributed by atoms with E-state index in [-0.39, 0.29) is 24.9 Å². The summed E-state index contributed by atoms with van der Waals surface area (Å²) >= 11 is 0. The fourth-order valence-electron chi connectivity index (χ4n) is 2.96. The quantitative estimate of drug-likeness (QED) is 0.425. The average Bonchev–Trinajstić information content (AvgIpc) is 2.52. The molecule has 2 aliphatic rings. The van der Waals surface area contributed by atoms with E-state index in [1.807, 2.05) is 0 Å². The van der Waals surface area contributed by atoms with Crippen LogP contribution in [0.25, 0.3) is 0 Å². The molecule has 150 valence electrons. The SMILES string of the molecule is CC1=C(N(C)C(N)=NC(=N)N2C=CC(F)(F)CC2)CCC(CC(F)(F)F)=C1. The number of guanidine groups is 2. The van der Waals surface area contributed by atoms with Crippen molar-refractivity contribution in [2.24, 2.45) is 10.7 Å². The molecule has 1 aliphatic heterocycles. The molecular weight excluding hydrogens is 369 g/mol. The lowest BCUT2D eigenvalue weighted by Crippen LogP contribution is -2.38. The van der Waals surface area contributed by atoms with Crippen LogP contribution in [0.4, 0.5) is 22.0 Å². The smallest absolute Gasteiger partial charge is 0.369 e. The van der Waals surface area contributed by atoms with Crippen molar-refractivity contribution in [3.8, 4) is 0 Å². The second-order valence-corrected chi connectivity index (χ2v) is 6.60. The van der Waals surface area contributed by atoms with Crippen molar-refractivity contribution in [2.45, 2.75) is 44.7 Å². The van der Waals surface area contributed by atoms with Gasteiger partial charge in [0, 0.05) is 38.0 Å². The van der Waals surface area contributed by atoms with Crippen LogP contribution in [-0.2, 0) is 0 Å². The van der Waals surface area contributed by atoms with Crippen molar-refractivity contribution in [2.75, 3.05) is 13.6 Å². The molecule has 10 heteroatoms. The standard InChI is InChI=1S/C17H22F5N5/c1-11-9-12(10-17(20,21)22)3-4-13(11)26(2)14(23)25-15(24)27-7-5-16(18,19)6-8-27/h5,7,9H,3-4,6,8,10H2,1-2H3,(H3,23,24,25). The van der Waals surface area contributed by atoms with E-state index in [4.69, 9.17) is 11.1 Å². The number of halogens is 5. The number of hydrogen-bond donors (Lipinski definition) is 2. The van der Waals surface area contributed by atoms with Gasteiger partial charge in [-0.2, -0.15) is 18.2 Å². The van der Waals surface area contributed by atoms with E-state index in [1.165, 1.54) is 15.9 Å². The largest absolute Gasteiger partial charge is 0.392 e. The number of nitrogens with zero attached hydrogens (tertiary/aromatic N) is 3. The Morgan fingerprint density at radius 1 is 1.37 bits per heavy atom. The Morgan fingerprint density at radius 3 is 2.56 bits per heavy atom. The first kappa shape index (κ1) is 20.9. The molecule has 0 aromatic rings. The third-order valence-electron chi connectivity index (χ3n) is 4.41. The molecule has 0 amide bonds. The van der Waals surface area contributed by atoms with Crippen molar-refractivity contribution < 1.29 is 22.0 Å². The highest BCUT2D eigenvalue weighted by Gasteiger charge is 2.31. The lowest BCUT2D eigenvalue weighted by molar-refractivity contribution is -0.127. The summed E-state index contributed by atoms with van der Waals surface area (Å²) in [6.07, 6.45) is -1.69. The minimum Gasteiger partial charge on any atom is -0.369 e. The zero-order valence-corrected chi connectivity index (χ0v) is 15.1. The normalized spacial score (nSPS) is 20.6. The predicted molar refractivity (Wildman–Crippen MR) is 93.2 cm³/mol. The van der Waals surface area contributed by atoms with Gasteiger partial charge < -0.3 is 15.5 Å². The van der Waals surface area contributed by atoms with Crippen LogP contribution >= 0.6 is 0 Å². The van der Waals surface area contributed by atoms with Crippen molar-refractivity contribution in [1.82, 2.24) is 9.80 Å². The molecule has 0 fully saturated rings. The van der Waals surface area contributed by atoms with Gasteiger partial charge in [-0.25, -0.2) is 8.78 Å². The Balaban J connectivity index is 2.10. The number of aliphatic imine (C=N–C) groups is 1. The molecule has 27 heavy (non-hydrogen) atoms. The Morgan fingerprint density at radius 2 is 2.04 bits per heavy atom. The van der Waals surface area contributed by atoms with Gasteiger partial charge in [-0.15, -0.1) is 0 Å². The summed E-state index contributed by atoms with van der Waals surface area (Å²) < 4.78 is 63.8. The van der Waals surface area contributed by atoms with Crippen LogP contribution < -0.4 is 5.73 Å². The summed E-state index contributed by atoms with van der Waals surface area (Å²) in [6, 6.07) is 0. The van der Waals surface area contributed by atoms with Gasteiger partial charge in [0.1, 0.15) is 0 Å². The third kappa shape index (κ3) is 5.80. The van der Waals surface area contributed by atoms with Crippen LogP contribution in [0.5, 0.6) is 0 Å². The lowest BCUT2D eigenvalue weighted by Gasteiger charge is -2.29. The van der Waals surface area contributed by atoms with Gasteiger partial charge in [0.15, 0.2) is 0 Å². The number of nitrogens with two attached hydrogens (primary N) is 1. The van der Waals surface area contributed by atoms with Crippen LogP contribution in [0, 0.1) is 5.41 Å². The summed E-state index contributed by atoms with van der Waals surface area (Å²) in [7, 11) is 1.60. The van der Waals surface area contributed by atoms with E-state index >= 15 is 0 Å². The molecule has 1 heterocycles. The topological polar surface area (TPSA) is 68.7 Å². The van der Waals surface area contributed by atoms with E-state index in [0.717, 1.165) is 6.20 Å². The van der Waals surface area contributed by atoms with Gasteiger partial charge in [0.05, 0.1) is 6.42 Å². The first-order chi connectivity index (χ1) is 12.4. The molecule has 0 aromatic carbocycles. The minimum absolute atomic E-state index is 0.0345. The van der Waals surface area contributed by atoms with Gasteiger partial charge >= 0.3 is 6.18 Å². The van der Waals surface area contributed by atoms with Crippen LogP contribution in [0.15, 0.2) is 40.2 Å². The zero-order chi connectivity index (χ0) is 20.4. The summed E-state index contributed by atoms with van der Waals surface area (Å²) in [5.74, 6) is -3.21. The average molecular weight is 391 g/mol. The fourth-order valence-corrected chi connectivity index (χ4v) is 2.96. The van der Waals surface area contributed by atoms with Crippen molar-refractivity contribution in [3.63, 3.8) is 0 Å². The van der Waals surface area contributed by atoms with Gasteiger partial charge in [0.2, 0.25) is 11.9 Å². The number of nitrogens with one attached hydrogen (secondary N) is 1. The van der Waals surface area contributed by atoms with Crippen LogP contribution in [0.1, 0.15) is 32.6 Å². The van der Waals surface area contributed by atoms with E-state index in [9.17, 15) is 22.0 Å². The molecular formula is C17H22F5N5. The second kappa shape index (κ2) is 7.69. The summed E-state index contributed by atoms with van der Waals surface area (Å²) in [5, 5.41) is 7.91. The Labute approximate surface area is 154 Å². The molecule has 3 N–H and O–H groups in total. The molecule has 0 saturated carbocycles. The Bertz CT molecular complexity index is 718. The Kier molecular flexibility index (Phi) is 5.96. The highest BCUT2D eigenvalue weighted by atomic mass is 19.4. The zero-order valence-electron chi connectivity index (χ0n) is 15.1. The highest BCUT2D eigenvalue weighted by molar-refractivity contribution is 5.93. The number of alkyl halides is 5. The van der Waals surface area contributed by atoms with Crippen LogP contribution in [0.2, 0.25) is 0 Å². The molecule has 0 atom stereocenters. The monoisotopic (exact) mass is 391 g/mol. The van der Waals surface area contributed by atoms with E-state index in [1.54, 1.807) is 14.0 Å². The molecule has 2 rings (SSSR count). The summed E-state index contributed by atoms with van der Waals surface area (Å²) in [5.41, 5.74) is 7.56. The second-order valence-electron chi connectivity index (χ2n) is 6.60. The molecule has 0 bridgehead atoms. The van der Waals surface area contributed by atoms with Crippen molar-refractivity contribution in [3.05, 3.63) is 35.2 Å². The number of allylic oxidation sites excluding steroid dienone is 5. The third-order valence-corrected chi connectivity index (χ3v) is 4.41. The minimum atomic E-state index is -4.25. The maximum absolute atomic E-state index is 13.1. The van der Waals surface area contributed by atoms with Gasteiger partial charge in [-0.3, -0.25) is 5.41 Å². The highest BCUT2D eigenvalue weighted by Crippen LogP contribution is 2.33. The number of rotatable bonds is 2. The first-order valence-electron chi connectivity index (χ1n) is 8.34. The molecule has 0 radical (unpaired) electrons. The Hall–Kier alpha value is -2.39. The lowest BCUT2D eigenvalue weighted by atomic mass is 9.94. The van der Waals surface area contributed by atoms with Gasteiger partial charge in [-0.05, 0) is 25.3 Å². The van der Waals surface area contributed by atoms with Gasteiger partial charge in [0.25, 0.3) is 5.92 Å². The molecule has 0 spiro atoms. The van der Waals surface area contributed by atoms with Crippen LogP contribution in [-0.4, -0.2) is 47.4 Å². The van der Waals surface area contributed by atoms with E-state index in [0.29, 0.717) is 29.3 Å². The molecule has 0 saturated heterocycles. The maximum Gasteiger partial charge on any atom is 0.392 e. The molecule has 0 unspecified atom stereocenters. The maximum atomic E-state index is 13.1. The summed E-state index contributed by atoms with van der Waals surface area (Å²) in [4.78, 5) is 6.69. The van der Waals surface area contributed by atoms with Crippen LogP contribution in [0.3, 0.4) is 0 Å².